The van der Waals surface area contributed by atoms with Gasteiger partial charge in [-0.15, -0.1) is 11.3 Å². The minimum absolute atomic E-state index is 0.0130. The summed E-state index contributed by atoms with van der Waals surface area (Å²) < 4.78 is 28.2. The molecule has 0 radical (unpaired) electrons. The maximum atomic E-state index is 12.7. The van der Waals surface area contributed by atoms with Gasteiger partial charge in [-0.2, -0.15) is 4.31 Å². The SMILES string of the molecule is O=C(Cc1ccc(S(=O)(=O)N2CCCC2)s1)NCC1(c2cccc(Br)c2)CCC1. The fourth-order valence-corrected chi connectivity index (χ4v) is 7.55. The molecule has 1 amide bonds. The van der Waals surface area contributed by atoms with Crippen molar-refractivity contribution >= 4 is 43.2 Å². The molecule has 2 aromatic rings. The number of rotatable bonds is 7. The van der Waals surface area contributed by atoms with E-state index in [2.05, 4.69) is 33.4 Å². The predicted molar refractivity (Wildman–Crippen MR) is 119 cm³/mol. The van der Waals surface area contributed by atoms with Gasteiger partial charge in [-0.05, 0) is 55.5 Å². The highest BCUT2D eigenvalue weighted by molar-refractivity contribution is 9.10. The summed E-state index contributed by atoms with van der Waals surface area (Å²) in [7, 11) is -3.41. The normalized spacial score (nSPS) is 19.1. The van der Waals surface area contributed by atoms with Crippen LogP contribution in [0.5, 0.6) is 0 Å². The van der Waals surface area contributed by atoms with Crippen molar-refractivity contribution in [1.29, 1.82) is 0 Å². The number of benzene rings is 1. The van der Waals surface area contributed by atoms with E-state index in [4.69, 9.17) is 0 Å². The van der Waals surface area contributed by atoms with Crippen molar-refractivity contribution < 1.29 is 13.2 Å². The van der Waals surface area contributed by atoms with Gasteiger partial charge in [0.05, 0.1) is 6.42 Å². The lowest BCUT2D eigenvalue weighted by molar-refractivity contribution is -0.120. The minimum atomic E-state index is -3.41. The Labute approximate surface area is 184 Å². The lowest BCUT2D eigenvalue weighted by Gasteiger charge is -2.42. The molecule has 1 N–H and O–H groups in total. The molecule has 0 unspecified atom stereocenters. The molecule has 4 rings (SSSR count). The van der Waals surface area contributed by atoms with Crippen LogP contribution in [0.1, 0.15) is 42.5 Å². The number of hydrogen-bond donors (Lipinski definition) is 1. The summed E-state index contributed by atoms with van der Waals surface area (Å²) in [6.45, 7) is 1.80. The molecule has 0 bridgehead atoms. The van der Waals surface area contributed by atoms with Crippen molar-refractivity contribution in [2.75, 3.05) is 19.6 Å². The number of carbonyl (C=O) groups excluding carboxylic acids is 1. The molecule has 0 spiro atoms. The first-order valence-electron chi connectivity index (χ1n) is 10.0. The van der Waals surface area contributed by atoms with Crippen LogP contribution in [0.4, 0.5) is 0 Å². The van der Waals surface area contributed by atoms with Crippen LogP contribution in [0, 0.1) is 0 Å². The number of amides is 1. The van der Waals surface area contributed by atoms with Gasteiger partial charge in [0.25, 0.3) is 10.0 Å². The van der Waals surface area contributed by atoms with Gasteiger partial charge in [-0.3, -0.25) is 4.79 Å². The molecule has 156 valence electrons. The predicted octanol–water partition coefficient (Wildman–Crippen LogP) is 4.08. The maximum absolute atomic E-state index is 12.7. The second kappa shape index (κ2) is 8.49. The highest BCUT2D eigenvalue weighted by Crippen LogP contribution is 2.43. The Morgan fingerprint density at radius 2 is 1.90 bits per heavy atom. The summed E-state index contributed by atoms with van der Waals surface area (Å²) in [6.07, 6.45) is 5.36. The number of carbonyl (C=O) groups is 1. The average Bonchev–Trinajstić information content (AvgIpc) is 3.33. The number of nitrogens with zero attached hydrogens (tertiary/aromatic N) is 1. The number of nitrogens with one attached hydrogen (secondary N) is 1. The van der Waals surface area contributed by atoms with E-state index in [0.29, 0.717) is 23.8 Å². The molecular weight excluding hydrogens is 472 g/mol. The van der Waals surface area contributed by atoms with E-state index in [-0.39, 0.29) is 17.7 Å². The van der Waals surface area contributed by atoms with Gasteiger partial charge in [0, 0.05) is 34.4 Å². The highest BCUT2D eigenvalue weighted by atomic mass is 79.9. The van der Waals surface area contributed by atoms with Crippen LogP contribution in [0.15, 0.2) is 45.1 Å². The van der Waals surface area contributed by atoms with Gasteiger partial charge in [-0.25, -0.2) is 8.42 Å². The molecule has 8 heteroatoms. The van der Waals surface area contributed by atoms with Crippen molar-refractivity contribution in [1.82, 2.24) is 9.62 Å². The molecule has 1 aliphatic heterocycles. The van der Waals surface area contributed by atoms with Gasteiger partial charge in [-0.1, -0.05) is 34.5 Å². The Balaban J connectivity index is 1.37. The molecule has 1 aliphatic carbocycles. The molecule has 1 aromatic heterocycles. The first kappa shape index (κ1) is 21.0. The molecule has 2 aliphatic rings. The zero-order chi connectivity index (χ0) is 20.5. The van der Waals surface area contributed by atoms with E-state index in [1.807, 2.05) is 12.1 Å². The largest absolute Gasteiger partial charge is 0.355 e. The summed E-state index contributed by atoms with van der Waals surface area (Å²) in [5, 5.41) is 3.09. The Kier molecular flexibility index (Phi) is 6.16. The minimum Gasteiger partial charge on any atom is -0.355 e. The number of halogens is 1. The summed E-state index contributed by atoms with van der Waals surface area (Å²) in [5.74, 6) is -0.0572. The maximum Gasteiger partial charge on any atom is 0.252 e. The third kappa shape index (κ3) is 4.45. The Morgan fingerprint density at radius 3 is 2.55 bits per heavy atom. The van der Waals surface area contributed by atoms with Crippen molar-refractivity contribution in [2.24, 2.45) is 0 Å². The number of thiophene rings is 1. The fourth-order valence-electron chi connectivity index (χ4n) is 4.13. The fraction of sp³-hybridized carbons (Fsp3) is 0.476. The van der Waals surface area contributed by atoms with Crippen LogP contribution in [-0.2, 0) is 26.7 Å². The zero-order valence-corrected chi connectivity index (χ0v) is 19.4. The molecular formula is C21H25BrN2O3S2. The van der Waals surface area contributed by atoms with E-state index in [1.54, 1.807) is 16.4 Å². The topological polar surface area (TPSA) is 66.5 Å². The van der Waals surface area contributed by atoms with Gasteiger partial charge in [0.2, 0.25) is 5.91 Å². The third-order valence-corrected chi connectivity index (χ3v) is 9.95. The van der Waals surface area contributed by atoms with E-state index in [1.165, 1.54) is 23.3 Å². The van der Waals surface area contributed by atoms with Gasteiger partial charge in [0.1, 0.15) is 4.21 Å². The molecule has 1 saturated heterocycles. The van der Waals surface area contributed by atoms with E-state index < -0.39 is 10.0 Å². The van der Waals surface area contributed by atoms with Crippen molar-refractivity contribution in [3.8, 4) is 0 Å². The molecule has 1 saturated carbocycles. The zero-order valence-electron chi connectivity index (χ0n) is 16.2. The lowest BCUT2D eigenvalue weighted by atomic mass is 9.64. The monoisotopic (exact) mass is 496 g/mol. The molecule has 29 heavy (non-hydrogen) atoms. The second-order valence-electron chi connectivity index (χ2n) is 7.93. The third-order valence-electron chi connectivity index (χ3n) is 6.00. The summed E-state index contributed by atoms with van der Waals surface area (Å²) in [5.41, 5.74) is 1.27. The molecule has 1 aromatic carbocycles. The molecule has 2 fully saturated rings. The standard InChI is InChI=1S/C21H25BrN2O3S2/c22-17-6-3-5-16(13-17)21(9-4-10-21)15-23-19(25)14-18-7-8-20(28-18)29(26,27)24-11-1-2-12-24/h3,5-8,13H,1-2,4,9-12,14-15H2,(H,23,25). The van der Waals surface area contributed by atoms with Crippen LogP contribution in [0.3, 0.4) is 0 Å². The Morgan fingerprint density at radius 1 is 1.14 bits per heavy atom. The molecule has 0 atom stereocenters. The van der Waals surface area contributed by atoms with Crippen LogP contribution < -0.4 is 5.32 Å². The summed E-state index contributed by atoms with van der Waals surface area (Å²) in [4.78, 5) is 13.3. The van der Waals surface area contributed by atoms with Crippen molar-refractivity contribution in [2.45, 2.75) is 48.1 Å². The van der Waals surface area contributed by atoms with Crippen molar-refractivity contribution in [3.63, 3.8) is 0 Å². The lowest BCUT2D eigenvalue weighted by Crippen LogP contribution is -2.45. The van der Waals surface area contributed by atoms with Gasteiger partial charge in [0.15, 0.2) is 0 Å². The summed E-state index contributed by atoms with van der Waals surface area (Å²) >= 11 is 4.75. The first-order chi connectivity index (χ1) is 13.9. The van der Waals surface area contributed by atoms with E-state index in [0.717, 1.165) is 35.0 Å². The van der Waals surface area contributed by atoms with E-state index in [9.17, 15) is 13.2 Å². The molecule has 2 heterocycles. The smallest absolute Gasteiger partial charge is 0.252 e. The first-order valence-corrected chi connectivity index (χ1v) is 13.1. The van der Waals surface area contributed by atoms with Crippen molar-refractivity contribution in [3.05, 3.63) is 51.3 Å². The van der Waals surface area contributed by atoms with Crippen LogP contribution in [0.25, 0.3) is 0 Å². The van der Waals surface area contributed by atoms with Gasteiger partial charge >= 0.3 is 0 Å². The van der Waals surface area contributed by atoms with E-state index >= 15 is 0 Å². The Hall–Kier alpha value is -1.22. The average molecular weight is 497 g/mol. The number of sulfonamides is 1. The van der Waals surface area contributed by atoms with Crippen LogP contribution in [-0.4, -0.2) is 38.3 Å². The number of hydrogen-bond acceptors (Lipinski definition) is 4. The highest BCUT2D eigenvalue weighted by Gasteiger charge is 2.39. The van der Waals surface area contributed by atoms with Crippen LogP contribution >= 0.6 is 27.3 Å². The quantitative estimate of drug-likeness (QED) is 0.627. The second-order valence-corrected chi connectivity index (χ2v) is 12.2. The van der Waals surface area contributed by atoms with Gasteiger partial charge < -0.3 is 5.32 Å². The molecule has 5 nitrogen and oxygen atoms in total. The Bertz CT molecular complexity index is 993. The van der Waals surface area contributed by atoms with Crippen LogP contribution in [0.2, 0.25) is 0 Å². The summed E-state index contributed by atoms with van der Waals surface area (Å²) in [6, 6.07) is 11.7.